The molecule has 3 heteroatoms. The molecule has 0 radical (unpaired) electrons. The van der Waals surface area contributed by atoms with E-state index in [1.165, 1.54) is 0 Å². The monoisotopic (exact) mass is 164 g/mol. The smallest absolute Gasteiger partial charge is 0.244 e. The Morgan fingerprint density at radius 3 is 2.75 bits per heavy atom. The highest BCUT2D eigenvalue weighted by Crippen LogP contribution is 2.28. The largest absolute Gasteiger partial charge is 0.273 e. The Kier molecular flexibility index (Phi) is 1.71. The molecule has 0 saturated carbocycles. The van der Waals surface area contributed by atoms with Crippen LogP contribution in [-0.4, -0.2) is 11.6 Å². The van der Waals surface area contributed by atoms with Crippen molar-refractivity contribution >= 4 is 11.6 Å². The van der Waals surface area contributed by atoms with Gasteiger partial charge >= 0.3 is 0 Å². The molecule has 1 aliphatic carbocycles. The number of nitrogens with zero attached hydrogens (tertiary/aromatic N) is 1. The summed E-state index contributed by atoms with van der Waals surface area (Å²) in [6.07, 6.45) is 6.05. The molecule has 2 rings (SSSR count). The van der Waals surface area contributed by atoms with Crippen LogP contribution in [0, 0.1) is 11.8 Å². The Morgan fingerprint density at radius 2 is 2.08 bits per heavy atom. The van der Waals surface area contributed by atoms with Crippen LogP contribution in [-0.2, 0) is 4.79 Å². The number of hydrogen-bond acceptors (Lipinski definition) is 2. The van der Waals surface area contributed by atoms with Crippen LogP contribution in [0.2, 0.25) is 0 Å². The number of fused-ring (bicyclic) bond motifs is 1. The fraction of sp³-hybridized carbons (Fsp3) is 0.556. The molecular weight excluding hydrogens is 152 g/mol. The van der Waals surface area contributed by atoms with E-state index in [-0.39, 0.29) is 11.8 Å². The molecule has 0 aromatic rings. The predicted octanol–water partition coefficient (Wildman–Crippen LogP) is 1.07. The molecule has 64 valence electrons. The first-order valence-corrected chi connectivity index (χ1v) is 4.28. The summed E-state index contributed by atoms with van der Waals surface area (Å²) < 4.78 is 0. The van der Waals surface area contributed by atoms with Crippen molar-refractivity contribution in [3.8, 4) is 0 Å². The predicted molar refractivity (Wildman–Crippen MR) is 46.6 cm³/mol. The van der Waals surface area contributed by atoms with Crippen molar-refractivity contribution in [2.75, 3.05) is 0 Å². The first-order valence-electron chi connectivity index (χ1n) is 4.28. The van der Waals surface area contributed by atoms with Crippen molar-refractivity contribution in [2.24, 2.45) is 16.9 Å². The van der Waals surface area contributed by atoms with Crippen LogP contribution in [0.15, 0.2) is 17.3 Å². The lowest BCUT2D eigenvalue weighted by Gasteiger charge is -2.30. The van der Waals surface area contributed by atoms with Crippen molar-refractivity contribution in [3.05, 3.63) is 12.2 Å². The lowest BCUT2D eigenvalue weighted by Crippen LogP contribution is -2.41. The lowest BCUT2D eigenvalue weighted by atomic mass is 9.79. The molecule has 1 amide bonds. The summed E-state index contributed by atoms with van der Waals surface area (Å²) >= 11 is 0. The summed E-state index contributed by atoms with van der Waals surface area (Å²) in [5, 5.41) is 3.98. The van der Waals surface area contributed by atoms with E-state index in [0.29, 0.717) is 5.92 Å². The van der Waals surface area contributed by atoms with E-state index in [1.54, 1.807) is 0 Å². The highest BCUT2D eigenvalue weighted by molar-refractivity contribution is 5.94. The van der Waals surface area contributed by atoms with Gasteiger partial charge in [-0.05, 0) is 19.8 Å². The van der Waals surface area contributed by atoms with Gasteiger partial charge in [0.05, 0.1) is 5.92 Å². The fourth-order valence-electron chi connectivity index (χ4n) is 1.87. The Labute approximate surface area is 71.5 Å². The summed E-state index contributed by atoms with van der Waals surface area (Å²) in [5.74, 6) is 0.561. The summed E-state index contributed by atoms with van der Waals surface area (Å²) in [6.45, 7) is 1.98. The minimum absolute atomic E-state index is 0.0787. The Morgan fingerprint density at radius 1 is 1.42 bits per heavy atom. The van der Waals surface area contributed by atoms with Crippen LogP contribution in [0.5, 0.6) is 0 Å². The zero-order valence-corrected chi connectivity index (χ0v) is 7.08. The minimum Gasteiger partial charge on any atom is -0.273 e. The number of carbonyl (C=O) groups is 1. The number of rotatable bonds is 0. The second-order valence-corrected chi connectivity index (χ2v) is 3.39. The number of nitrogens with one attached hydrogen (secondary N) is 1. The highest BCUT2D eigenvalue weighted by atomic mass is 16.2. The van der Waals surface area contributed by atoms with Crippen LogP contribution in [0.25, 0.3) is 0 Å². The maximum absolute atomic E-state index is 11.3. The number of allylic oxidation sites excluding steroid dienone is 2. The molecule has 12 heavy (non-hydrogen) atoms. The Hall–Kier alpha value is -1.12. The summed E-state index contributed by atoms with van der Waals surface area (Å²) in [5.41, 5.74) is 3.61. The highest BCUT2D eigenvalue weighted by Gasteiger charge is 2.33. The average Bonchev–Trinajstić information content (AvgIpc) is 2.12. The van der Waals surface area contributed by atoms with Gasteiger partial charge in [-0.2, -0.15) is 5.10 Å². The van der Waals surface area contributed by atoms with E-state index in [0.717, 1.165) is 18.6 Å². The van der Waals surface area contributed by atoms with Crippen LogP contribution in [0.4, 0.5) is 0 Å². The van der Waals surface area contributed by atoms with Crippen molar-refractivity contribution in [2.45, 2.75) is 19.8 Å². The average molecular weight is 164 g/mol. The maximum atomic E-state index is 11.3. The molecule has 3 nitrogen and oxygen atoms in total. The second kappa shape index (κ2) is 2.73. The zero-order valence-electron chi connectivity index (χ0n) is 7.08. The second-order valence-electron chi connectivity index (χ2n) is 3.39. The number of carbonyl (C=O) groups excluding carboxylic acids is 1. The minimum atomic E-state index is 0.0787. The molecule has 2 unspecified atom stereocenters. The van der Waals surface area contributed by atoms with Crippen molar-refractivity contribution in [1.82, 2.24) is 5.43 Å². The van der Waals surface area contributed by atoms with Gasteiger partial charge in [-0.15, -0.1) is 0 Å². The third kappa shape index (κ3) is 1.05. The maximum Gasteiger partial charge on any atom is 0.244 e. The molecule has 2 atom stereocenters. The summed E-state index contributed by atoms with van der Waals surface area (Å²) in [4.78, 5) is 11.3. The van der Waals surface area contributed by atoms with E-state index in [4.69, 9.17) is 0 Å². The number of hydrogen-bond donors (Lipinski definition) is 1. The molecule has 1 N–H and O–H groups in total. The lowest BCUT2D eigenvalue weighted by molar-refractivity contribution is -0.126. The molecule has 0 bridgehead atoms. The van der Waals surface area contributed by atoms with Gasteiger partial charge in [-0.3, -0.25) is 4.79 Å². The first kappa shape index (κ1) is 7.53. The van der Waals surface area contributed by atoms with Gasteiger partial charge in [-0.1, -0.05) is 12.2 Å². The normalized spacial score (nSPS) is 33.8. The fourth-order valence-corrected chi connectivity index (χ4v) is 1.87. The number of hydrazone groups is 1. The van der Waals surface area contributed by atoms with Crippen LogP contribution in [0.3, 0.4) is 0 Å². The van der Waals surface area contributed by atoms with Gasteiger partial charge in [0.15, 0.2) is 0 Å². The first-order chi connectivity index (χ1) is 5.79. The van der Waals surface area contributed by atoms with Gasteiger partial charge < -0.3 is 0 Å². The van der Waals surface area contributed by atoms with Crippen molar-refractivity contribution < 1.29 is 4.79 Å². The number of amides is 1. The van der Waals surface area contributed by atoms with Crippen molar-refractivity contribution in [3.63, 3.8) is 0 Å². The summed E-state index contributed by atoms with van der Waals surface area (Å²) in [6, 6.07) is 0. The third-order valence-corrected chi connectivity index (χ3v) is 2.65. The van der Waals surface area contributed by atoms with Gasteiger partial charge in [0, 0.05) is 11.6 Å². The van der Waals surface area contributed by atoms with Gasteiger partial charge in [0.1, 0.15) is 0 Å². The quantitative estimate of drug-likeness (QED) is 0.535. The van der Waals surface area contributed by atoms with Gasteiger partial charge in [0.2, 0.25) is 5.91 Å². The van der Waals surface area contributed by atoms with Gasteiger partial charge in [-0.25, -0.2) is 5.43 Å². The van der Waals surface area contributed by atoms with Crippen LogP contribution >= 0.6 is 0 Å². The topological polar surface area (TPSA) is 41.5 Å². The van der Waals surface area contributed by atoms with E-state index >= 15 is 0 Å². The van der Waals surface area contributed by atoms with Crippen LogP contribution in [0.1, 0.15) is 19.8 Å². The molecule has 0 spiro atoms. The molecule has 2 aliphatic rings. The summed E-state index contributed by atoms with van der Waals surface area (Å²) in [7, 11) is 0. The molecule has 1 aliphatic heterocycles. The van der Waals surface area contributed by atoms with E-state index in [2.05, 4.69) is 22.7 Å². The molecule has 0 aromatic heterocycles. The van der Waals surface area contributed by atoms with Gasteiger partial charge in [0.25, 0.3) is 0 Å². The molecule has 0 aromatic carbocycles. The molecule has 1 heterocycles. The molecule has 0 saturated heterocycles. The SMILES string of the molecule is CC1=NNC(=O)C2CC=CCC12. The Bertz CT molecular complexity index is 268. The van der Waals surface area contributed by atoms with Crippen molar-refractivity contribution in [1.29, 1.82) is 0 Å². The molecular formula is C9H12N2O. The zero-order chi connectivity index (χ0) is 8.55. The van der Waals surface area contributed by atoms with E-state index < -0.39 is 0 Å². The Balaban J connectivity index is 2.29. The third-order valence-electron chi connectivity index (χ3n) is 2.65. The standard InChI is InChI=1S/C9H12N2O/c1-6-7-4-2-3-5-8(7)9(12)11-10-6/h2-3,7-8H,4-5H2,1H3,(H,11,12). The molecule has 0 fully saturated rings. The van der Waals surface area contributed by atoms with E-state index in [1.807, 2.05) is 6.92 Å². The van der Waals surface area contributed by atoms with Crippen LogP contribution < -0.4 is 5.43 Å². The van der Waals surface area contributed by atoms with E-state index in [9.17, 15) is 4.79 Å².